The van der Waals surface area contributed by atoms with E-state index in [2.05, 4.69) is 11.9 Å². The maximum Gasteiger partial charge on any atom is 0.293 e. The van der Waals surface area contributed by atoms with Gasteiger partial charge in [0.25, 0.3) is 5.56 Å². The summed E-state index contributed by atoms with van der Waals surface area (Å²) in [6.45, 7) is 4.42. The van der Waals surface area contributed by atoms with E-state index in [1.807, 2.05) is 4.90 Å². The van der Waals surface area contributed by atoms with Crippen molar-refractivity contribution in [1.82, 2.24) is 9.55 Å². The van der Waals surface area contributed by atoms with Crippen LogP contribution in [-0.4, -0.2) is 28.7 Å². The van der Waals surface area contributed by atoms with E-state index in [9.17, 15) is 4.79 Å². The molecule has 2 N–H and O–H groups in total. The Morgan fingerprint density at radius 3 is 3.12 bits per heavy atom. The van der Waals surface area contributed by atoms with Crippen molar-refractivity contribution in [3.63, 3.8) is 0 Å². The molecule has 5 nitrogen and oxygen atoms in total. The minimum absolute atomic E-state index is 0.00319. The molecule has 0 radical (unpaired) electrons. The molecule has 2 heterocycles. The normalized spacial score (nSPS) is 20.6. The van der Waals surface area contributed by atoms with Gasteiger partial charge in [-0.2, -0.15) is 0 Å². The van der Waals surface area contributed by atoms with Crippen molar-refractivity contribution >= 4 is 5.82 Å². The van der Waals surface area contributed by atoms with Crippen molar-refractivity contribution in [1.29, 1.82) is 0 Å². The van der Waals surface area contributed by atoms with Gasteiger partial charge in [0.05, 0.1) is 0 Å². The van der Waals surface area contributed by atoms with Gasteiger partial charge in [0.15, 0.2) is 5.82 Å². The molecule has 2 rings (SSSR count). The van der Waals surface area contributed by atoms with Crippen molar-refractivity contribution in [2.45, 2.75) is 38.8 Å². The van der Waals surface area contributed by atoms with E-state index in [0.29, 0.717) is 5.82 Å². The van der Waals surface area contributed by atoms with E-state index in [1.165, 1.54) is 0 Å². The van der Waals surface area contributed by atoms with Crippen molar-refractivity contribution in [3.8, 4) is 0 Å². The van der Waals surface area contributed by atoms with Gasteiger partial charge < -0.3 is 15.2 Å². The number of aryl methyl sites for hydroxylation is 1. The molecule has 0 aliphatic carbocycles. The molecular weight excluding hydrogens is 216 g/mol. The standard InChI is InChI=1S/C12H20N4O/c1-2-6-15-8-5-14-11(12(15)17)16-7-3-4-10(13)9-16/h5,8,10H,2-4,6-7,9,13H2,1H3/t10-/m1/s1. The number of hydrogen-bond acceptors (Lipinski definition) is 4. The Labute approximate surface area is 101 Å². The van der Waals surface area contributed by atoms with Crippen molar-refractivity contribution in [2.24, 2.45) is 5.73 Å². The Morgan fingerprint density at radius 2 is 2.41 bits per heavy atom. The van der Waals surface area contributed by atoms with Crippen LogP contribution in [0.25, 0.3) is 0 Å². The first-order valence-corrected chi connectivity index (χ1v) is 6.28. The van der Waals surface area contributed by atoms with Crippen LogP contribution in [-0.2, 0) is 6.54 Å². The van der Waals surface area contributed by atoms with Gasteiger partial charge in [-0.25, -0.2) is 4.98 Å². The van der Waals surface area contributed by atoms with E-state index in [0.717, 1.165) is 38.9 Å². The SMILES string of the molecule is CCCn1ccnc(N2CCC[C@@H](N)C2)c1=O. The molecule has 1 saturated heterocycles. The van der Waals surface area contributed by atoms with Crippen LogP contribution in [0.15, 0.2) is 17.2 Å². The molecule has 1 aromatic heterocycles. The van der Waals surface area contributed by atoms with E-state index < -0.39 is 0 Å². The zero-order valence-corrected chi connectivity index (χ0v) is 10.3. The molecule has 0 aromatic carbocycles. The van der Waals surface area contributed by atoms with Gasteiger partial charge in [-0.15, -0.1) is 0 Å². The highest BCUT2D eigenvalue weighted by atomic mass is 16.1. The highest BCUT2D eigenvalue weighted by Gasteiger charge is 2.20. The lowest BCUT2D eigenvalue weighted by Gasteiger charge is -2.31. The predicted molar refractivity (Wildman–Crippen MR) is 68.2 cm³/mol. The number of hydrogen-bond donors (Lipinski definition) is 1. The quantitative estimate of drug-likeness (QED) is 0.834. The topological polar surface area (TPSA) is 64.2 Å². The van der Waals surface area contributed by atoms with Crippen molar-refractivity contribution < 1.29 is 0 Å². The second-order valence-corrected chi connectivity index (χ2v) is 4.60. The van der Waals surface area contributed by atoms with Gasteiger partial charge in [0, 0.05) is 38.1 Å². The number of anilines is 1. The maximum absolute atomic E-state index is 12.2. The summed E-state index contributed by atoms with van der Waals surface area (Å²) >= 11 is 0. The van der Waals surface area contributed by atoms with Crippen LogP contribution in [0.5, 0.6) is 0 Å². The molecule has 0 spiro atoms. The molecule has 0 saturated carbocycles. The fraction of sp³-hybridized carbons (Fsp3) is 0.667. The van der Waals surface area contributed by atoms with Crippen molar-refractivity contribution in [3.05, 3.63) is 22.7 Å². The molecule has 5 heteroatoms. The Balaban J connectivity index is 2.25. The summed E-state index contributed by atoms with van der Waals surface area (Å²) in [4.78, 5) is 18.4. The molecule has 1 fully saturated rings. The minimum Gasteiger partial charge on any atom is -0.350 e. The van der Waals surface area contributed by atoms with Crippen LogP contribution >= 0.6 is 0 Å². The van der Waals surface area contributed by atoms with E-state index in [1.54, 1.807) is 17.0 Å². The summed E-state index contributed by atoms with van der Waals surface area (Å²) in [6, 6.07) is 0.157. The van der Waals surface area contributed by atoms with Crippen LogP contribution in [0.2, 0.25) is 0 Å². The first-order valence-electron chi connectivity index (χ1n) is 6.28. The largest absolute Gasteiger partial charge is 0.350 e. The molecule has 1 aliphatic rings. The van der Waals surface area contributed by atoms with Gasteiger partial charge in [0.1, 0.15) is 0 Å². The zero-order valence-electron chi connectivity index (χ0n) is 10.3. The Kier molecular flexibility index (Phi) is 3.78. The number of piperidine rings is 1. The molecule has 0 amide bonds. The summed E-state index contributed by atoms with van der Waals surface area (Å²) < 4.78 is 1.72. The molecular formula is C12H20N4O. The Bertz CT molecular complexity index is 429. The smallest absolute Gasteiger partial charge is 0.293 e. The maximum atomic E-state index is 12.2. The molecule has 0 bridgehead atoms. The third kappa shape index (κ3) is 2.66. The number of nitrogens with zero attached hydrogens (tertiary/aromatic N) is 3. The van der Waals surface area contributed by atoms with Gasteiger partial charge >= 0.3 is 0 Å². The highest BCUT2D eigenvalue weighted by Crippen LogP contribution is 2.13. The van der Waals surface area contributed by atoms with Crippen LogP contribution in [0, 0.1) is 0 Å². The van der Waals surface area contributed by atoms with Gasteiger partial charge in [-0.3, -0.25) is 4.79 Å². The van der Waals surface area contributed by atoms with Crippen molar-refractivity contribution in [2.75, 3.05) is 18.0 Å². The summed E-state index contributed by atoms with van der Waals surface area (Å²) in [5.74, 6) is 0.552. The summed E-state index contributed by atoms with van der Waals surface area (Å²) in [5, 5.41) is 0. The van der Waals surface area contributed by atoms with E-state index >= 15 is 0 Å². The average molecular weight is 236 g/mol. The second-order valence-electron chi connectivity index (χ2n) is 4.60. The number of aromatic nitrogens is 2. The fourth-order valence-electron chi connectivity index (χ4n) is 2.27. The summed E-state index contributed by atoms with van der Waals surface area (Å²) in [7, 11) is 0. The Morgan fingerprint density at radius 1 is 1.59 bits per heavy atom. The van der Waals surface area contributed by atoms with Crippen LogP contribution in [0.4, 0.5) is 5.82 Å². The first-order chi connectivity index (χ1) is 8.22. The van der Waals surface area contributed by atoms with Gasteiger partial charge in [-0.05, 0) is 19.3 Å². The monoisotopic (exact) mass is 236 g/mol. The molecule has 1 aromatic rings. The minimum atomic E-state index is 0.00319. The van der Waals surface area contributed by atoms with Crippen LogP contribution < -0.4 is 16.2 Å². The Hall–Kier alpha value is -1.36. The third-order valence-electron chi connectivity index (χ3n) is 3.12. The summed E-state index contributed by atoms with van der Waals surface area (Å²) in [5.41, 5.74) is 5.93. The second kappa shape index (κ2) is 5.31. The zero-order chi connectivity index (χ0) is 12.3. The van der Waals surface area contributed by atoms with Gasteiger partial charge in [0.2, 0.25) is 0 Å². The summed E-state index contributed by atoms with van der Waals surface area (Å²) in [6.07, 6.45) is 6.46. The van der Waals surface area contributed by atoms with Gasteiger partial charge in [-0.1, -0.05) is 6.92 Å². The molecule has 1 atom stereocenters. The van der Waals surface area contributed by atoms with E-state index in [4.69, 9.17) is 5.73 Å². The number of nitrogens with two attached hydrogens (primary N) is 1. The average Bonchev–Trinajstić information content (AvgIpc) is 2.32. The van der Waals surface area contributed by atoms with E-state index in [-0.39, 0.29) is 11.6 Å². The third-order valence-corrected chi connectivity index (χ3v) is 3.12. The first kappa shape index (κ1) is 12.1. The highest BCUT2D eigenvalue weighted by molar-refractivity contribution is 5.36. The van der Waals surface area contributed by atoms with Crippen LogP contribution in [0.3, 0.4) is 0 Å². The number of rotatable bonds is 3. The fourth-order valence-corrected chi connectivity index (χ4v) is 2.27. The van der Waals surface area contributed by atoms with Crippen LogP contribution in [0.1, 0.15) is 26.2 Å². The predicted octanol–water partition coefficient (Wildman–Crippen LogP) is 0.581. The molecule has 17 heavy (non-hydrogen) atoms. The lowest BCUT2D eigenvalue weighted by molar-refractivity contribution is 0.499. The lowest BCUT2D eigenvalue weighted by atomic mass is 10.1. The molecule has 94 valence electrons. The lowest BCUT2D eigenvalue weighted by Crippen LogP contribution is -2.45. The molecule has 0 unspecified atom stereocenters. The molecule has 1 aliphatic heterocycles.